The summed E-state index contributed by atoms with van der Waals surface area (Å²) in [6, 6.07) is 8.19. The first kappa shape index (κ1) is 12.6. The number of nitrogens with one attached hydrogen (secondary N) is 2. The summed E-state index contributed by atoms with van der Waals surface area (Å²) in [5.41, 5.74) is 1.78. The van der Waals surface area contributed by atoms with Crippen LogP contribution in [0.15, 0.2) is 24.3 Å². The second kappa shape index (κ2) is 4.80. The lowest BCUT2D eigenvalue weighted by Gasteiger charge is -2.35. The Hall–Kier alpha value is -1.84. The smallest absolute Gasteiger partial charge is 0.310 e. The summed E-state index contributed by atoms with van der Waals surface area (Å²) in [7, 11) is 0. The summed E-state index contributed by atoms with van der Waals surface area (Å²) in [5.74, 6) is -1.13. The zero-order valence-corrected chi connectivity index (χ0v) is 10.7. The molecular weight excluding hydrogens is 228 g/mol. The van der Waals surface area contributed by atoms with Crippen molar-refractivity contribution < 1.29 is 9.59 Å². The third kappa shape index (κ3) is 2.37. The minimum absolute atomic E-state index is 0.421. The zero-order chi connectivity index (χ0) is 13.2. The van der Waals surface area contributed by atoms with Crippen LogP contribution in [0.5, 0.6) is 0 Å². The van der Waals surface area contributed by atoms with E-state index in [2.05, 4.69) is 29.7 Å². The van der Waals surface area contributed by atoms with Gasteiger partial charge in [-0.15, -0.1) is 0 Å². The van der Waals surface area contributed by atoms with Crippen molar-refractivity contribution in [2.75, 3.05) is 6.54 Å². The molecule has 1 aliphatic rings. The van der Waals surface area contributed by atoms with Crippen molar-refractivity contribution in [2.45, 2.75) is 32.2 Å². The van der Waals surface area contributed by atoms with Crippen LogP contribution in [-0.2, 0) is 21.5 Å². The Bertz CT molecular complexity index is 467. The summed E-state index contributed by atoms with van der Waals surface area (Å²) in [6.45, 7) is 4.48. The molecule has 0 aromatic heterocycles. The molecule has 2 amide bonds. The van der Waals surface area contributed by atoms with Gasteiger partial charge in [0.05, 0.1) is 5.54 Å². The quantitative estimate of drug-likeness (QED) is 0.785. The second-order valence-corrected chi connectivity index (χ2v) is 4.92. The molecule has 0 aliphatic carbocycles. The van der Waals surface area contributed by atoms with Crippen molar-refractivity contribution in [2.24, 2.45) is 0 Å². The van der Waals surface area contributed by atoms with Crippen LogP contribution in [-0.4, -0.2) is 18.4 Å². The lowest BCUT2D eigenvalue weighted by atomic mass is 9.89. The molecule has 1 heterocycles. The molecule has 96 valence electrons. The number of carbonyl (C=O) groups is 2. The van der Waals surface area contributed by atoms with E-state index in [9.17, 15) is 9.59 Å². The number of aryl methyl sites for hydroxylation is 1. The van der Waals surface area contributed by atoms with Crippen molar-refractivity contribution in [3.05, 3.63) is 35.4 Å². The van der Waals surface area contributed by atoms with Gasteiger partial charge in [0.15, 0.2) is 0 Å². The van der Waals surface area contributed by atoms with Crippen LogP contribution in [0.25, 0.3) is 0 Å². The normalized spacial score (nSPS) is 23.4. The van der Waals surface area contributed by atoms with Crippen molar-refractivity contribution in [1.29, 1.82) is 0 Å². The summed E-state index contributed by atoms with van der Waals surface area (Å²) in [4.78, 5) is 22.6. The Kier molecular flexibility index (Phi) is 3.36. The van der Waals surface area contributed by atoms with Crippen molar-refractivity contribution in [1.82, 2.24) is 10.6 Å². The fraction of sp³-hybridized carbons (Fsp3) is 0.429. The number of piperazine rings is 1. The molecule has 1 aromatic carbocycles. The Balaban J connectivity index is 2.19. The van der Waals surface area contributed by atoms with Gasteiger partial charge in [0.1, 0.15) is 0 Å². The van der Waals surface area contributed by atoms with Gasteiger partial charge in [-0.25, -0.2) is 0 Å². The molecule has 1 aliphatic heterocycles. The number of rotatable bonds is 3. The van der Waals surface area contributed by atoms with Gasteiger partial charge >= 0.3 is 11.8 Å². The van der Waals surface area contributed by atoms with E-state index in [0.29, 0.717) is 6.54 Å². The number of amides is 2. The van der Waals surface area contributed by atoms with Gasteiger partial charge in [0.25, 0.3) is 0 Å². The van der Waals surface area contributed by atoms with E-state index in [0.717, 1.165) is 18.4 Å². The Morgan fingerprint density at radius 2 is 1.83 bits per heavy atom. The third-order valence-corrected chi connectivity index (χ3v) is 3.33. The van der Waals surface area contributed by atoms with E-state index >= 15 is 0 Å². The molecule has 2 N–H and O–H groups in total. The molecule has 1 fully saturated rings. The van der Waals surface area contributed by atoms with Crippen LogP contribution in [0.2, 0.25) is 0 Å². The zero-order valence-electron chi connectivity index (χ0n) is 10.7. The van der Waals surface area contributed by atoms with Crippen LogP contribution in [0.4, 0.5) is 0 Å². The van der Waals surface area contributed by atoms with Gasteiger partial charge in [-0.2, -0.15) is 0 Å². The van der Waals surface area contributed by atoms with Crippen molar-refractivity contribution >= 4 is 11.8 Å². The molecule has 4 nitrogen and oxygen atoms in total. The number of hydrogen-bond donors (Lipinski definition) is 2. The molecule has 0 radical (unpaired) electrons. The maximum atomic E-state index is 11.4. The third-order valence-electron chi connectivity index (χ3n) is 3.33. The molecule has 0 spiro atoms. The number of benzene rings is 1. The highest BCUT2D eigenvalue weighted by Crippen LogP contribution is 2.22. The summed E-state index contributed by atoms with van der Waals surface area (Å²) in [6.07, 6.45) is 2.17. The largest absolute Gasteiger partial charge is 0.345 e. The van der Waals surface area contributed by atoms with Gasteiger partial charge in [0.2, 0.25) is 0 Å². The molecular formula is C14H18N2O2. The lowest BCUT2D eigenvalue weighted by molar-refractivity contribution is -0.142. The number of carbonyl (C=O) groups excluding carboxylic acids is 2. The van der Waals surface area contributed by atoms with Crippen LogP contribution >= 0.6 is 0 Å². The Labute approximate surface area is 107 Å². The average Bonchev–Trinajstić information content (AvgIpc) is 2.36. The fourth-order valence-corrected chi connectivity index (χ4v) is 2.19. The van der Waals surface area contributed by atoms with Crippen LogP contribution in [0.3, 0.4) is 0 Å². The molecule has 1 atom stereocenters. The second-order valence-electron chi connectivity index (χ2n) is 4.92. The van der Waals surface area contributed by atoms with Crippen LogP contribution < -0.4 is 10.6 Å². The lowest BCUT2D eigenvalue weighted by Crippen LogP contribution is -2.60. The highest BCUT2D eigenvalue weighted by Gasteiger charge is 2.35. The van der Waals surface area contributed by atoms with Gasteiger partial charge in [-0.05, 0) is 24.5 Å². The van der Waals surface area contributed by atoms with E-state index in [1.54, 1.807) is 0 Å². The molecule has 0 bridgehead atoms. The monoisotopic (exact) mass is 246 g/mol. The topological polar surface area (TPSA) is 58.2 Å². The molecule has 1 aromatic rings. The molecule has 0 saturated carbocycles. The Morgan fingerprint density at radius 1 is 1.17 bits per heavy atom. The van der Waals surface area contributed by atoms with Gasteiger partial charge < -0.3 is 10.6 Å². The maximum Gasteiger partial charge on any atom is 0.310 e. The minimum atomic E-state index is -0.568. The highest BCUT2D eigenvalue weighted by atomic mass is 16.2. The van der Waals surface area contributed by atoms with E-state index in [4.69, 9.17) is 0 Å². The van der Waals surface area contributed by atoms with E-state index in [-0.39, 0.29) is 0 Å². The fourth-order valence-electron chi connectivity index (χ4n) is 2.19. The van der Waals surface area contributed by atoms with Gasteiger partial charge in [-0.1, -0.05) is 37.6 Å². The van der Waals surface area contributed by atoms with Crippen LogP contribution in [0.1, 0.15) is 31.4 Å². The first-order chi connectivity index (χ1) is 8.55. The molecule has 1 unspecified atom stereocenters. The van der Waals surface area contributed by atoms with E-state index in [1.165, 1.54) is 5.56 Å². The predicted molar refractivity (Wildman–Crippen MR) is 68.9 cm³/mol. The van der Waals surface area contributed by atoms with Gasteiger partial charge in [0, 0.05) is 6.54 Å². The van der Waals surface area contributed by atoms with Crippen molar-refractivity contribution in [3.8, 4) is 0 Å². The average molecular weight is 246 g/mol. The molecule has 2 rings (SSSR count). The van der Waals surface area contributed by atoms with Crippen LogP contribution in [0, 0.1) is 0 Å². The molecule has 4 heteroatoms. The predicted octanol–water partition coefficient (Wildman–Crippen LogP) is 1.10. The summed E-state index contributed by atoms with van der Waals surface area (Å²) < 4.78 is 0. The first-order valence-corrected chi connectivity index (χ1v) is 6.25. The van der Waals surface area contributed by atoms with E-state index < -0.39 is 17.4 Å². The Morgan fingerprint density at radius 3 is 2.39 bits per heavy atom. The first-order valence-electron chi connectivity index (χ1n) is 6.25. The highest BCUT2D eigenvalue weighted by molar-refractivity contribution is 6.35. The summed E-state index contributed by atoms with van der Waals surface area (Å²) >= 11 is 0. The van der Waals surface area contributed by atoms with Crippen molar-refractivity contribution in [3.63, 3.8) is 0 Å². The minimum Gasteiger partial charge on any atom is -0.345 e. The molecule has 1 saturated heterocycles. The van der Waals surface area contributed by atoms with Gasteiger partial charge in [-0.3, -0.25) is 9.59 Å². The SMILES string of the molecule is CCCc1ccc(C2(C)CNC(=O)C(=O)N2)cc1. The maximum absolute atomic E-state index is 11.4. The summed E-state index contributed by atoms with van der Waals surface area (Å²) in [5, 5.41) is 5.37. The number of hydrogen-bond acceptors (Lipinski definition) is 2. The molecule has 18 heavy (non-hydrogen) atoms. The standard InChI is InChI=1S/C14H18N2O2/c1-3-4-10-5-7-11(8-6-10)14(2)9-15-12(17)13(18)16-14/h5-8H,3-4,9H2,1-2H3,(H,15,17)(H,16,18). The van der Waals surface area contributed by atoms with E-state index in [1.807, 2.05) is 19.1 Å².